The van der Waals surface area contributed by atoms with Crippen LogP contribution in [-0.4, -0.2) is 26.2 Å². The standard InChI is InChI=1S/C17H25ClN2O2/c1-17(22-2,14-8-5-9-15(18)10-14)12-20-16(21)19-11-13-6-3-4-7-13/h5,8-10,13H,3-4,6-7,11-12H2,1-2H3,(H2,19,20,21). The number of carbonyl (C=O) groups excluding carboxylic acids is 1. The minimum atomic E-state index is -0.602. The van der Waals surface area contributed by atoms with Gasteiger partial charge >= 0.3 is 6.03 Å². The highest BCUT2D eigenvalue weighted by molar-refractivity contribution is 6.30. The highest BCUT2D eigenvalue weighted by atomic mass is 35.5. The quantitative estimate of drug-likeness (QED) is 0.838. The van der Waals surface area contributed by atoms with Crippen LogP contribution in [0.2, 0.25) is 5.02 Å². The Morgan fingerprint density at radius 3 is 2.73 bits per heavy atom. The van der Waals surface area contributed by atoms with Crippen LogP contribution >= 0.6 is 11.6 Å². The second kappa shape index (κ2) is 7.84. The van der Waals surface area contributed by atoms with Crippen molar-refractivity contribution in [2.75, 3.05) is 20.2 Å². The van der Waals surface area contributed by atoms with Gasteiger partial charge in [-0.05, 0) is 43.4 Å². The Balaban J connectivity index is 1.85. The Kier molecular flexibility index (Phi) is 6.09. The number of urea groups is 1. The number of benzene rings is 1. The van der Waals surface area contributed by atoms with Crippen molar-refractivity contribution in [2.24, 2.45) is 5.92 Å². The molecule has 0 spiro atoms. The monoisotopic (exact) mass is 324 g/mol. The van der Waals surface area contributed by atoms with E-state index in [1.807, 2.05) is 31.2 Å². The molecule has 1 unspecified atom stereocenters. The Morgan fingerprint density at radius 1 is 1.36 bits per heavy atom. The van der Waals surface area contributed by atoms with Gasteiger partial charge in [0.25, 0.3) is 0 Å². The van der Waals surface area contributed by atoms with Gasteiger partial charge in [0, 0.05) is 18.7 Å². The number of nitrogens with one attached hydrogen (secondary N) is 2. The molecule has 0 aliphatic heterocycles. The maximum atomic E-state index is 12.0. The third-order valence-corrected chi connectivity index (χ3v) is 4.73. The van der Waals surface area contributed by atoms with Gasteiger partial charge in [0.2, 0.25) is 0 Å². The largest absolute Gasteiger partial charge is 0.372 e. The SMILES string of the molecule is COC(C)(CNC(=O)NCC1CCCC1)c1cccc(Cl)c1. The molecule has 2 rings (SSSR count). The molecule has 0 aromatic heterocycles. The maximum absolute atomic E-state index is 12.0. The summed E-state index contributed by atoms with van der Waals surface area (Å²) in [7, 11) is 1.64. The van der Waals surface area contributed by atoms with E-state index < -0.39 is 5.60 Å². The average Bonchev–Trinajstić information content (AvgIpc) is 3.04. The maximum Gasteiger partial charge on any atom is 0.314 e. The zero-order valence-electron chi connectivity index (χ0n) is 13.3. The molecule has 5 heteroatoms. The first-order valence-electron chi connectivity index (χ1n) is 7.86. The van der Waals surface area contributed by atoms with E-state index in [9.17, 15) is 4.79 Å². The summed E-state index contributed by atoms with van der Waals surface area (Å²) in [6.45, 7) is 3.09. The summed E-state index contributed by atoms with van der Waals surface area (Å²) in [6, 6.07) is 7.38. The molecule has 0 heterocycles. The summed E-state index contributed by atoms with van der Waals surface area (Å²) in [6.07, 6.45) is 5.01. The molecule has 1 aliphatic carbocycles. The van der Waals surface area contributed by atoms with E-state index in [1.165, 1.54) is 25.7 Å². The zero-order chi connectivity index (χ0) is 16.0. The predicted molar refractivity (Wildman–Crippen MR) is 89.2 cm³/mol. The molecule has 2 N–H and O–H groups in total. The van der Waals surface area contributed by atoms with Crippen LogP contribution in [-0.2, 0) is 10.3 Å². The van der Waals surface area contributed by atoms with Gasteiger partial charge in [-0.15, -0.1) is 0 Å². The predicted octanol–water partition coefficient (Wildman–Crippen LogP) is 3.69. The van der Waals surface area contributed by atoms with Crippen LogP contribution in [0.5, 0.6) is 0 Å². The third-order valence-electron chi connectivity index (χ3n) is 4.50. The lowest BCUT2D eigenvalue weighted by Gasteiger charge is -2.29. The summed E-state index contributed by atoms with van der Waals surface area (Å²) < 4.78 is 5.61. The van der Waals surface area contributed by atoms with Crippen molar-refractivity contribution >= 4 is 17.6 Å². The Morgan fingerprint density at radius 2 is 2.09 bits per heavy atom. The smallest absolute Gasteiger partial charge is 0.314 e. The van der Waals surface area contributed by atoms with Crippen LogP contribution in [0.25, 0.3) is 0 Å². The van der Waals surface area contributed by atoms with E-state index >= 15 is 0 Å². The Labute approximate surface area is 137 Å². The number of carbonyl (C=O) groups is 1. The fourth-order valence-electron chi connectivity index (χ4n) is 2.87. The van der Waals surface area contributed by atoms with Crippen LogP contribution in [0.15, 0.2) is 24.3 Å². The number of hydrogen-bond acceptors (Lipinski definition) is 2. The first-order chi connectivity index (χ1) is 10.5. The molecule has 0 bridgehead atoms. The Hall–Kier alpha value is -1.26. The molecule has 1 aliphatic rings. The van der Waals surface area contributed by atoms with Crippen LogP contribution in [0.1, 0.15) is 38.2 Å². The van der Waals surface area contributed by atoms with Gasteiger partial charge in [-0.2, -0.15) is 0 Å². The zero-order valence-corrected chi connectivity index (χ0v) is 14.1. The number of amides is 2. The molecule has 0 saturated heterocycles. The highest BCUT2D eigenvalue weighted by Gasteiger charge is 2.27. The minimum absolute atomic E-state index is 0.141. The second-order valence-electron chi connectivity index (χ2n) is 6.16. The van der Waals surface area contributed by atoms with E-state index in [-0.39, 0.29) is 6.03 Å². The van der Waals surface area contributed by atoms with Gasteiger partial charge in [-0.3, -0.25) is 0 Å². The van der Waals surface area contributed by atoms with Crippen LogP contribution in [0.3, 0.4) is 0 Å². The molecule has 1 aromatic carbocycles. The normalized spacial score (nSPS) is 18.0. The van der Waals surface area contributed by atoms with E-state index in [1.54, 1.807) is 7.11 Å². The van der Waals surface area contributed by atoms with Crippen molar-refractivity contribution in [3.63, 3.8) is 0 Å². The van der Waals surface area contributed by atoms with E-state index in [4.69, 9.17) is 16.3 Å². The second-order valence-corrected chi connectivity index (χ2v) is 6.60. The fraction of sp³-hybridized carbons (Fsp3) is 0.588. The Bertz CT molecular complexity index is 503. The van der Waals surface area contributed by atoms with E-state index in [0.29, 0.717) is 17.5 Å². The molecule has 2 amide bonds. The first-order valence-corrected chi connectivity index (χ1v) is 8.24. The minimum Gasteiger partial charge on any atom is -0.372 e. The lowest BCUT2D eigenvalue weighted by atomic mass is 9.96. The van der Waals surface area contributed by atoms with Crippen LogP contribution in [0.4, 0.5) is 4.79 Å². The van der Waals surface area contributed by atoms with Crippen molar-refractivity contribution in [2.45, 2.75) is 38.2 Å². The number of methoxy groups -OCH3 is 1. The summed E-state index contributed by atoms with van der Waals surface area (Å²) in [5, 5.41) is 6.51. The van der Waals surface area contributed by atoms with E-state index in [2.05, 4.69) is 10.6 Å². The van der Waals surface area contributed by atoms with Gasteiger partial charge in [-0.25, -0.2) is 4.79 Å². The van der Waals surface area contributed by atoms with Gasteiger partial charge in [0.15, 0.2) is 0 Å². The molecule has 1 saturated carbocycles. The highest BCUT2D eigenvalue weighted by Crippen LogP contribution is 2.26. The van der Waals surface area contributed by atoms with Crippen molar-refractivity contribution in [1.29, 1.82) is 0 Å². The van der Waals surface area contributed by atoms with Gasteiger partial charge in [0.05, 0.1) is 6.54 Å². The lowest BCUT2D eigenvalue weighted by Crippen LogP contribution is -2.45. The number of rotatable bonds is 6. The summed E-state index contributed by atoms with van der Waals surface area (Å²) >= 11 is 6.04. The van der Waals surface area contributed by atoms with Crippen LogP contribution in [0, 0.1) is 5.92 Å². The topological polar surface area (TPSA) is 50.4 Å². The lowest BCUT2D eigenvalue weighted by molar-refractivity contribution is 0.00487. The summed E-state index contributed by atoms with van der Waals surface area (Å²) in [5.41, 5.74) is 0.342. The number of halogens is 1. The van der Waals surface area contributed by atoms with Crippen LogP contribution < -0.4 is 10.6 Å². The first kappa shape index (κ1) is 17.1. The number of hydrogen-bond donors (Lipinski definition) is 2. The van der Waals surface area contributed by atoms with Crippen molar-refractivity contribution in [1.82, 2.24) is 10.6 Å². The molecule has 1 aromatic rings. The van der Waals surface area contributed by atoms with Crippen molar-refractivity contribution in [3.05, 3.63) is 34.9 Å². The van der Waals surface area contributed by atoms with Gasteiger partial charge < -0.3 is 15.4 Å². The summed E-state index contributed by atoms with van der Waals surface area (Å²) in [4.78, 5) is 12.0. The molecule has 122 valence electrons. The molecule has 22 heavy (non-hydrogen) atoms. The van der Waals surface area contributed by atoms with Crippen molar-refractivity contribution < 1.29 is 9.53 Å². The van der Waals surface area contributed by atoms with E-state index in [0.717, 1.165) is 12.1 Å². The molecular weight excluding hydrogens is 300 g/mol. The fourth-order valence-corrected chi connectivity index (χ4v) is 3.06. The van der Waals surface area contributed by atoms with Gasteiger partial charge in [0.1, 0.15) is 5.60 Å². The van der Waals surface area contributed by atoms with Crippen molar-refractivity contribution in [3.8, 4) is 0 Å². The molecule has 4 nitrogen and oxygen atoms in total. The van der Waals surface area contributed by atoms with Gasteiger partial charge in [-0.1, -0.05) is 36.6 Å². The summed E-state index contributed by atoms with van der Waals surface area (Å²) in [5.74, 6) is 0.632. The molecular formula is C17H25ClN2O2. The third kappa shape index (κ3) is 4.62. The number of ether oxygens (including phenoxy) is 1. The average molecular weight is 325 g/mol. The molecule has 1 fully saturated rings. The molecule has 0 radical (unpaired) electrons. The molecule has 1 atom stereocenters.